The lowest BCUT2D eigenvalue weighted by Crippen LogP contribution is -2.03. The minimum Gasteiger partial charge on any atom is -0.388 e. The van der Waals surface area contributed by atoms with Crippen molar-refractivity contribution in [1.29, 1.82) is 0 Å². The fraction of sp³-hybridized carbons (Fsp3) is 0.529. The van der Waals surface area contributed by atoms with Gasteiger partial charge < -0.3 is 5.11 Å². The van der Waals surface area contributed by atoms with E-state index in [1.807, 2.05) is 12.1 Å². The summed E-state index contributed by atoms with van der Waals surface area (Å²) in [5, 5.41) is 10.1. The smallest absolute Gasteiger partial charge is 0.0790 e. The minimum absolute atomic E-state index is 0.293. The third kappa shape index (κ3) is 3.99. The van der Waals surface area contributed by atoms with Crippen LogP contribution in [-0.2, 0) is 0 Å². The molecule has 1 nitrogen and oxygen atoms in total. The van der Waals surface area contributed by atoms with E-state index in [1.54, 1.807) is 0 Å². The van der Waals surface area contributed by atoms with Gasteiger partial charge in [0.15, 0.2) is 0 Å². The van der Waals surface area contributed by atoms with E-state index in [0.29, 0.717) is 0 Å². The molecule has 0 radical (unpaired) electrons. The zero-order valence-electron chi connectivity index (χ0n) is 11.3. The molecule has 1 aliphatic rings. The van der Waals surface area contributed by atoms with Gasteiger partial charge in [-0.25, -0.2) is 0 Å². The van der Waals surface area contributed by atoms with Crippen LogP contribution in [0.2, 0.25) is 0 Å². The molecular formula is C17H24O. The molecule has 1 unspecified atom stereocenters. The van der Waals surface area contributed by atoms with Crippen molar-refractivity contribution >= 4 is 0 Å². The van der Waals surface area contributed by atoms with E-state index in [1.165, 1.54) is 31.2 Å². The number of allylic oxidation sites excluding steroid dienone is 2. The summed E-state index contributed by atoms with van der Waals surface area (Å²) in [6.45, 7) is 2.07. The predicted molar refractivity (Wildman–Crippen MR) is 76.5 cm³/mol. The van der Waals surface area contributed by atoms with Crippen molar-refractivity contribution in [1.82, 2.24) is 0 Å². The summed E-state index contributed by atoms with van der Waals surface area (Å²) in [5.41, 5.74) is 2.30. The van der Waals surface area contributed by atoms with Crippen LogP contribution in [0.5, 0.6) is 0 Å². The molecule has 0 saturated carbocycles. The number of rotatable bonds is 5. The van der Waals surface area contributed by atoms with E-state index in [0.717, 1.165) is 24.3 Å². The fourth-order valence-corrected chi connectivity index (χ4v) is 2.65. The first kappa shape index (κ1) is 13.4. The lowest BCUT2D eigenvalue weighted by atomic mass is 9.90. The Bertz CT molecular complexity index is 377. The van der Waals surface area contributed by atoms with Gasteiger partial charge in [0.25, 0.3) is 0 Å². The summed E-state index contributed by atoms with van der Waals surface area (Å²) in [5.74, 6) is 0.754. The Hall–Kier alpha value is -1.08. The molecule has 2 rings (SSSR count). The van der Waals surface area contributed by atoms with E-state index in [-0.39, 0.29) is 6.10 Å². The molecule has 0 fully saturated rings. The highest BCUT2D eigenvalue weighted by Crippen LogP contribution is 2.25. The number of aliphatic hydroxyl groups excluding tert-OH is 1. The van der Waals surface area contributed by atoms with Crippen molar-refractivity contribution in [3.05, 3.63) is 47.5 Å². The number of hydrogen-bond acceptors (Lipinski definition) is 1. The van der Waals surface area contributed by atoms with Gasteiger partial charge in [-0.2, -0.15) is 0 Å². The maximum absolute atomic E-state index is 10.1. The number of aryl methyl sites for hydroxylation is 1. The lowest BCUT2D eigenvalue weighted by Gasteiger charge is -2.17. The topological polar surface area (TPSA) is 20.2 Å². The van der Waals surface area contributed by atoms with Crippen LogP contribution >= 0.6 is 0 Å². The van der Waals surface area contributed by atoms with Gasteiger partial charge in [0.05, 0.1) is 6.10 Å². The molecule has 0 saturated heterocycles. The summed E-state index contributed by atoms with van der Waals surface area (Å²) < 4.78 is 0. The van der Waals surface area contributed by atoms with Crippen LogP contribution in [0.15, 0.2) is 36.4 Å². The highest BCUT2D eigenvalue weighted by molar-refractivity contribution is 5.22. The first-order valence-electron chi connectivity index (χ1n) is 7.17. The molecule has 0 aliphatic heterocycles. The highest BCUT2D eigenvalue weighted by atomic mass is 16.3. The van der Waals surface area contributed by atoms with Crippen LogP contribution in [0.25, 0.3) is 0 Å². The van der Waals surface area contributed by atoms with Crippen molar-refractivity contribution in [3.63, 3.8) is 0 Å². The van der Waals surface area contributed by atoms with Crippen molar-refractivity contribution in [2.75, 3.05) is 0 Å². The molecule has 1 aliphatic carbocycles. The monoisotopic (exact) mass is 244 g/mol. The maximum Gasteiger partial charge on any atom is 0.0790 e. The second kappa shape index (κ2) is 6.75. The molecule has 1 aromatic carbocycles. The van der Waals surface area contributed by atoms with Crippen LogP contribution in [0.4, 0.5) is 0 Å². The van der Waals surface area contributed by atoms with E-state index < -0.39 is 0 Å². The maximum atomic E-state index is 10.1. The fourth-order valence-electron chi connectivity index (χ4n) is 2.65. The van der Waals surface area contributed by atoms with Gasteiger partial charge in [-0.15, -0.1) is 0 Å². The van der Waals surface area contributed by atoms with Gasteiger partial charge in [0, 0.05) is 0 Å². The SMILES string of the molecule is Cc1ccc(C(O)CCC[C@@H]2C=CCCC2)cc1. The van der Waals surface area contributed by atoms with Gasteiger partial charge in [-0.3, -0.25) is 0 Å². The second-order valence-electron chi connectivity index (χ2n) is 5.48. The van der Waals surface area contributed by atoms with Gasteiger partial charge in [-0.1, -0.05) is 42.0 Å². The third-order valence-electron chi connectivity index (χ3n) is 3.87. The average Bonchev–Trinajstić information content (AvgIpc) is 2.40. The molecule has 0 spiro atoms. The van der Waals surface area contributed by atoms with Crippen LogP contribution < -0.4 is 0 Å². The molecule has 1 heteroatoms. The van der Waals surface area contributed by atoms with E-state index in [9.17, 15) is 5.11 Å². The molecule has 1 aromatic rings. The standard InChI is InChI=1S/C17H24O/c1-14-10-12-16(13-11-14)17(18)9-5-8-15-6-3-2-4-7-15/h3,6,10-13,15,17-18H,2,4-5,7-9H2,1H3/t15-,17?/m1/s1. The second-order valence-corrected chi connectivity index (χ2v) is 5.48. The Morgan fingerprint density at radius 1 is 1.28 bits per heavy atom. The largest absolute Gasteiger partial charge is 0.388 e. The quantitative estimate of drug-likeness (QED) is 0.753. The van der Waals surface area contributed by atoms with E-state index in [4.69, 9.17) is 0 Å². The zero-order valence-corrected chi connectivity index (χ0v) is 11.3. The van der Waals surface area contributed by atoms with Crippen molar-refractivity contribution < 1.29 is 5.11 Å². The van der Waals surface area contributed by atoms with Crippen molar-refractivity contribution in [3.8, 4) is 0 Å². The Morgan fingerprint density at radius 3 is 2.72 bits per heavy atom. The Kier molecular flexibility index (Phi) is 5.00. The Balaban J connectivity index is 1.74. The van der Waals surface area contributed by atoms with Crippen LogP contribution in [-0.4, -0.2) is 5.11 Å². The Morgan fingerprint density at radius 2 is 2.06 bits per heavy atom. The molecule has 2 atom stereocenters. The first-order chi connectivity index (χ1) is 8.75. The van der Waals surface area contributed by atoms with Crippen molar-refractivity contribution in [2.45, 2.75) is 51.6 Å². The molecule has 0 bridgehead atoms. The summed E-state index contributed by atoms with van der Waals surface area (Å²) in [4.78, 5) is 0. The summed E-state index contributed by atoms with van der Waals surface area (Å²) in [6, 6.07) is 8.23. The number of hydrogen-bond donors (Lipinski definition) is 1. The molecule has 18 heavy (non-hydrogen) atoms. The number of aliphatic hydroxyl groups is 1. The zero-order chi connectivity index (χ0) is 12.8. The highest BCUT2D eigenvalue weighted by Gasteiger charge is 2.11. The van der Waals surface area contributed by atoms with Crippen LogP contribution in [0, 0.1) is 12.8 Å². The molecular weight excluding hydrogens is 220 g/mol. The molecule has 0 heterocycles. The lowest BCUT2D eigenvalue weighted by molar-refractivity contribution is 0.162. The minimum atomic E-state index is -0.293. The summed E-state index contributed by atoms with van der Waals surface area (Å²) in [7, 11) is 0. The van der Waals surface area contributed by atoms with Gasteiger partial charge in [-0.05, 0) is 56.9 Å². The van der Waals surface area contributed by atoms with E-state index in [2.05, 4.69) is 31.2 Å². The molecule has 1 N–H and O–H groups in total. The van der Waals surface area contributed by atoms with Gasteiger partial charge in [0.2, 0.25) is 0 Å². The van der Waals surface area contributed by atoms with Crippen LogP contribution in [0.3, 0.4) is 0 Å². The molecule has 98 valence electrons. The average molecular weight is 244 g/mol. The molecule has 0 amide bonds. The Labute approximate surface area is 111 Å². The normalized spacial score (nSPS) is 20.9. The van der Waals surface area contributed by atoms with E-state index >= 15 is 0 Å². The van der Waals surface area contributed by atoms with Crippen molar-refractivity contribution in [2.24, 2.45) is 5.92 Å². The summed E-state index contributed by atoms with van der Waals surface area (Å²) in [6.07, 6.45) is 11.5. The first-order valence-corrected chi connectivity index (χ1v) is 7.17. The van der Waals surface area contributed by atoms with Crippen LogP contribution in [0.1, 0.15) is 55.8 Å². The summed E-state index contributed by atoms with van der Waals surface area (Å²) >= 11 is 0. The third-order valence-corrected chi connectivity index (χ3v) is 3.87. The number of benzene rings is 1. The van der Waals surface area contributed by atoms with Gasteiger partial charge >= 0.3 is 0 Å². The molecule has 0 aromatic heterocycles. The predicted octanol–water partition coefficient (Wildman–Crippen LogP) is 4.56. The van der Waals surface area contributed by atoms with Gasteiger partial charge in [0.1, 0.15) is 0 Å².